The standard InChI is InChI=1S/C13H8N2O3/c16-13(17)9-4-5-10-8(6-9)2-1-3-11(10)12-14-7-18-15-12/h1-7H,(H,16,17). The summed E-state index contributed by atoms with van der Waals surface area (Å²) in [6.45, 7) is 0. The zero-order valence-corrected chi connectivity index (χ0v) is 9.20. The SMILES string of the molecule is O=C(O)c1ccc2c(-c3ncon3)cccc2c1. The Labute approximate surface area is 102 Å². The molecule has 0 aliphatic heterocycles. The normalized spacial score (nSPS) is 10.7. The van der Waals surface area contributed by atoms with Gasteiger partial charge in [-0.25, -0.2) is 4.79 Å². The number of aromatic nitrogens is 2. The highest BCUT2D eigenvalue weighted by molar-refractivity contribution is 5.99. The lowest BCUT2D eigenvalue weighted by Crippen LogP contribution is -1.95. The first-order valence-electron chi connectivity index (χ1n) is 5.28. The second kappa shape index (κ2) is 3.96. The van der Waals surface area contributed by atoms with Gasteiger partial charge in [0, 0.05) is 5.56 Å². The van der Waals surface area contributed by atoms with Crippen LogP contribution in [0, 0.1) is 0 Å². The van der Waals surface area contributed by atoms with E-state index in [9.17, 15) is 4.79 Å². The summed E-state index contributed by atoms with van der Waals surface area (Å²) in [5.74, 6) is -0.453. The fourth-order valence-electron chi connectivity index (χ4n) is 1.90. The second-order valence-corrected chi connectivity index (χ2v) is 3.80. The first-order chi connectivity index (χ1) is 8.75. The molecule has 3 aromatic rings. The lowest BCUT2D eigenvalue weighted by atomic mass is 10.0. The number of carboxylic acids is 1. The average molecular weight is 240 g/mol. The minimum atomic E-state index is -0.943. The van der Waals surface area contributed by atoms with E-state index in [-0.39, 0.29) is 5.56 Å². The van der Waals surface area contributed by atoms with Gasteiger partial charge >= 0.3 is 5.97 Å². The van der Waals surface area contributed by atoms with Crippen LogP contribution in [0.5, 0.6) is 0 Å². The van der Waals surface area contributed by atoms with Gasteiger partial charge in [0.15, 0.2) is 0 Å². The molecule has 1 heterocycles. The second-order valence-electron chi connectivity index (χ2n) is 3.80. The first kappa shape index (κ1) is 10.5. The van der Waals surface area contributed by atoms with Crippen LogP contribution >= 0.6 is 0 Å². The number of nitrogens with zero attached hydrogens (tertiary/aromatic N) is 2. The summed E-state index contributed by atoms with van der Waals surface area (Å²) in [4.78, 5) is 14.9. The quantitative estimate of drug-likeness (QED) is 0.745. The number of fused-ring (bicyclic) bond motifs is 1. The van der Waals surface area contributed by atoms with Crippen LogP contribution in [-0.4, -0.2) is 21.2 Å². The molecule has 0 aliphatic rings. The summed E-state index contributed by atoms with van der Waals surface area (Å²) in [6.07, 6.45) is 1.26. The molecule has 0 atom stereocenters. The number of carboxylic acid groups (broad SMARTS) is 1. The minimum absolute atomic E-state index is 0.257. The maximum Gasteiger partial charge on any atom is 0.335 e. The molecular formula is C13H8N2O3. The molecule has 5 nitrogen and oxygen atoms in total. The molecule has 0 fully saturated rings. The van der Waals surface area contributed by atoms with Crippen molar-refractivity contribution in [2.24, 2.45) is 0 Å². The Morgan fingerprint density at radius 3 is 2.83 bits per heavy atom. The third-order valence-corrected chi connectivity index (χ3v) is 2.73. The summed E-state index contributed by atoms with van der Waals surface area (Å²) < 4.78 is 4.72. The Morgan fingerprint density at radius 2 is 2.11 bits per heavy atom. The van der Waals surface area contributed by atoms with Crippen LogP contribution in [0.3, 0.4) is 0 Å². The van der Waals surface area contributed by atoms with Gasteiger partial charge in [-0.05, 0) is 22.9 Å². The highest BCUT2D eigenvalue weighted by Gasteiger charge is 2.09. The van der Waals surface area contributed by atoms with E-state index in [1.165, 1.54) is 6.39 Å². The number of hydrogen-bond donors (Lipinski definition) is 1. The number of hydrogen-bond acceptors (Lipinski definition) is 4. The van der Waals surface area contributed by atoms with Crippen molar-refractivity contribution in [1.82, 2.24) is 10.1 Å². The minimum Gasteiger partial charge on any atom is -0.478 e. The van der Waals surface area contributed by atoms with Crippen molar-refractivity contribution in [2.75, 3.05) is 0 Å². The monoisotopic (exact) mass is 240 g/mol. The zero-order valence-electron chi connectivity index (χ0n) is 9.20. The zero-order chi connectivity index (χ0) is 12.5. The van der Waals surface area contributed by atoms with Gasteiger partial charge in [-0.2, -0.15) is 4.98 Å². The maximum absolute atomic E-state index is 10.9. The molecular weight excluding hydrogens is 232 g/mol. The molecule has 0 saturated carbocycles. The van der Waals surface area contributed by atoms with E-state index in [0.717, 1.165) is 16.3 Å². The van der Waals surface area contributed by atoms with Gasteiger partial charge in [0.25, 0.3) is 0 Å². The van der Waals surface area contributed by atoms with Crippen LogP contribution in [0.25, 0.3) is 22.2 Å². The van der Waals surface area contributed by atoms with Crippen molar-refractivity contribution >= 4 is 16.7 Å². The molecule has 0 radical (unpaired) electrons. The van der Waals surface area contributed by atoms with Gasteiger partial charge in [-0.1, -0.05) is 29.4 Å². The molecule has 0 bridgehead atoms. The van der Waals surface area contributed by atoms with Crippen LogP contribution in [0.1, 0.15) is 10.4 Å². The Morgan fingerprint density at radius 1 is 1.22 bits per heavy atom. The average Bonchev–Trinajstić information content (AvgIpc) is 2.91. The van der Waals surface area contributed by atoms with Crippen LogP contribution in [0.15, 0.2) is 47.3 Å². The van der Waals surface area contributed by atoms with E-state index in [1.807, 2.05) is 18.2 Å². The van der Waals surface area contributed by atoms with E-state index < -0.39 is 5.97 Å². The van der Waals surface area contributed by atoms with E-state index in [2.05, 4.69) is 10.1 Å². The molecule has 5 heteroatoms. The molecule has 88 valence electrons. The summed E-state index contributed by atoms with van der Waals surface area (Å²) in [7, 11) is 0. The van der Waals surface area contributed by atoms with Crippen LogP contribution < -0.4 is 0 Å². The molecule has 1 N–H and O–H groups in total. The third-order valence-electron chi connectivity index (χ3n) is 2.73. The van der Waals surface area contributed by atoms with Crippen molar-refractivity contribution in [3.63, 3.8) is 0 Å². The Kier molecular flexibility index (Phi) is 2.30. The summed E-state index contributed by atoms with van der Waals surface area (Å²) in [6, 6.07) is 10.5. The van der Waals surface area contributed by atoms with E-state index in [4.69, 9.17) is 9.63 Å². The van der Waals surface area contributed by atoms with E-state index in [0.29, 0.717) is 5.82 Å². The van der Waals surface area contributed by atoms with Gasteiger partial charge in [0.05, 0.1) is 5.56 Å². The smallest absolute Gasteiger partial charge is 0.335 e. The number of carbonyl (C=O) groups is 1. The Hall–Kier alpha value is -2.69. The fourth-order valence-corrected chi connectivity index (χ4v) is 1.90. The van der Waals surface area contributed by atoms with Crippen LogP contribution in [-0.2, 0) is 0 Å². The van der Waals surface area contributed by atoms with Crippen molar-refractivity contribution in [1.29, 1.82) is 0 Å². The van der Waals surface area contributed by atoms with E-state index in [1.54, 1.807) is 18.2 Å². The fraction of sp³-hybridized carbons (Fsp3) is 0. The molecule has 18 heavy (non-hydrogen) atoms. The largest absolute Gasteiger partial charge is 0.478 e. The van der Waals surface area contributed by atoms with Crippen LogP contribution in [0.2, 0.25) is 0 Å². The predicted molar refractivity (Wildman–Crippen MR) is 64.2 cm³/mol. The molecule has 0 amide bonds. The summed E-state index contributed by atoms with van der Waals surface area (Å²) >= 11 is 0. The lowest BCUT2D eigenvalue weighted by molar-refractivity contribution is 0.0697. The van der Waals surface area contributed by atoms with Crippen molar-refractivity contribution in [3.8, 4) is 11.4 Å². The molecule has 1 aromatic heterocycles. The molecule has 2 aromatic carbocycles. The highest BCUT2D eigenvalue weighted by atomic mass is 16.5. The topological polar surface area (TPSA) is 76.2 Å². The van der Waals surface area contributed by atoms with Gasteiger partial charge in [-0.3, -0.25) is 0 Å². The molecule has 3 rings (SSSR count). The van der Waals surface area contributed by atoms with Gasteiger partial charge in [-0.15, -0.1) is 0 Å². The summed E-state index contributed by atoms with van der Waals surface area (Å²) in [5, 5.41) is 14.5. The molecule has 0 spiro atoms. The van der Waals surface area contributed by atoms with E-state index >= 15 is 0 Å². The Balaban J connectivity index is 2.26. The molecule has 0 saturated heterocycles. The predicted octanol–water partition coefficient (Wildman–Crippen LogP) is 2.59. The number of aromatic carboxylic acids is 1. The van der Waals surface area contributed by atoms with Crippen molar-refractivity contribution in [2.45, 2.75) is 0 Å². The highest BCUT2D eigenvalue weighted by Crippen LogP contribution is 2.26. The molecule has 0 aliphatic carbocycles. The van der Waals surface area contributed by atoms with Crippen LogP contribution in [0.4, 0.5) is 0 Å². The summed E-state index contributed by atoms with van der Waals surface area (Å²) in [5.41, 5.74) is 1.07. The lowest BCUT2D eigenvalue weighted by Gasteiger charge is -2.03. The van der Waals surface area contributed by atoms with Gasteiger partial charge in [0.2, 0.25) is 12.2 Å². The van der Waals surface area contributed by atoms with Crippen molar-refractivity contribution < 1.29 is 14.4 Å². The number of rotatable bonds is 2. The maximum atomic E-state index is 10.9. The third kappa shape index (κ3) is 1.62. The van der Waals surface area contributed by atoms with Crippen molar-refractivity contribution in [3.05, 3.63) is 48.4 Å². The van der Waals surface area contributed by atoms with Gasteiger partial charge in [0.1, 0.15) is 0 Å². The molecule has 0 unspecified atom stereocenters. The van der Waals surface area contributed by atoms with Gasteiger partial charge < -0.3 is 9.63 Å². The first-order valence-corrected chi connectivity index (χ1v) is 5.28. The number of benzene rings is 2. The Bertz CT molecular complexity index is 720.